The first kappa shape index (κ1) is 17.6. The second-order valence-corrected chi connectivity index (χ2v) is 5.52. The Morgan fingerprint density at radius 3 is 2.33 bits per heavy atom. The van der Waals surface area contributed by atoms with Crippen LogP contribution in [0.2, 0.25) is 0 Å². The Kier molecular flexibility index (Phi) is 7.94. The van der Waals surface area contributed by atoms with E-state index in [9.17, 15) is 0 Å². The molecular formula is C16H25BO4. The van der Waals surface area contributed by atoms with Crippen molar-refractivity contribution in [2.45, 2.75) is 40.0 Å². The van der Waals surface area contributed by atoms with Gasteiger partial charge in [-0.05, 0) is 63.3 Å². The summed E-state index contributed by atoms with van der Waals surface area (Å²) in [6.45, 7) is 7.16. The molecule has 0 aliphatic carbocycles. The van der Waals surface area contributed by atoms with Crippen LogP contribution in [-0.4, -0.2) is 24.0 Å². The second kappa shape index (κ2) is 9.48. The molecule has 0 fully saturated rings. The molecule has 1 rings (SSSR count). The van der Waals surface area contributed by atoms with E-state index in [0.717, 1.165) is 18.6 Å². The van der Waals surface area contributed by atoms with Crippen LogP contribution in [0.15, 0.2) is 35.9 Å². The highest BCUT2D eigenvalue weighted by Gasteiger charge is 2.10. The van der Waals surface area contributed by atoms with E-state index in [0.29, 0.717) is 18.3 Å². The van der Waals surface area contributed by atoms with E-state index < -0.39 is 7.32 Å². The van der Waals surface area contributed by atoms with E-state index in [1.807, 2.05) is 0 Å². The summed E-state index contributed by atoms with van der Waals surface area (Å²) in [6, 6.07) is 6.80. The predicted molar refractivity (Wildman–Crippen MR) is 85.2 cm³/mol. The lowest BCUT2D eigenvalue weighted by Crippen LogP contribution is -2.20. The van der Waals surface area contributed by atoms with Gasteiger partial charge in [-0.15, -0.1) is 0 Å². The molecular weight excluding hydrogens is 267 g/mol. The number of hydrogen-bond donors (Lipinski definition) is 2. The molecule has 0 amide bonds. The van der Waals surface area contributed by atoms with Crippen molar-refractivity contribution in [1.82, 2.24) is 0 Å². The third kappa shape index (κ3) is 8.43. The highest BCUT2D eigenvalue weighted by Crippen LogP contribution is 2.19. The fourth-order valence-corrected chi connectivity index (χ4v) is 1.91. The van der Waals surface area contributed by atoms with Crippen molar-refractivity contribution in [2.24, 2.45) is 5.92 Å². The van der Waals surface area contributed by atoms with Crippen LogP contribution in [0.25, 0.3) is 0 Å². The smallest absolute Gasteiger partial charge is 0.512 e. The maximum atomic E-state index is 8.68. The maximum Gasteiger partial charge on any atom is 0.707 e. The van der Waals surface area contributed by atoms with Crippen LogP contribution in [0, 0.1) is 5.92 Å². The van der Waals surface area contributed by atoms with Gasteiger partial charge >= 0.3 is 7.32 Å². The quantitative estimate of drug-likeness (QED) is 0.542. The largest absolute Gasteiger partial charge is 0.707 e. The van der Waals surface area contributed by atoms with E-state index >= 15 is 0 Å². The number of benzene rings is 1. The average molecular weight is 292 g/mol. The standard InChI is InChI=1S/C16H25BO4/c1-13(2)5-4-6-14(3)11-12-20-15-7-9-16(10-8-15)21-17(18)19/h5,7-10,14,18-19H,4,6,11-12H2,1-3H3. The monoisotopic (exact) mass is 292 g/mol. The summed E-state index contributed by atoms with van der Waals surface area (Å²) in [5, 5.41) is 17.4. The van der Waals surface area contributed by atoms with Crippen molar-refractivity contribution >= 4 is 7.32 Å². The summed E-state index contributed by atoms with van der Waals surface area (Å²) in [6.07, 6.45) is 5.59. The first-order valence-corrected chi connectivity index (χ1v) is 7.36. The molecule has 1 aromatic carbocycles. The third-order valence-electron chi connectivity index (χ3n) is 3.16. The van der Waals surface area contributed by atoms with Gasteiger partial charge < -0.3 is 19.4 Å². The van der Waals surface area contributed by atoms with Gasteiger partial charge in [0.15, 0.2) is 0 Å². The molecule has 0 radical (unpaired) electrons. The van der Waals surface area contributed by atoms with Crippen LogP contribution >= 0.6 is 0 Å². The Bertz CT molecular complexity index is 424. The zero-order valence-electron chi connectivity index (χ0n) is 13.1. The van der Waals surface area contributed by atoms with Crippen LogP contribution in [0.3, 0.4) is 0 Å². The molecule has 0 aliphatic rings. The molecule has 0 saturated heterocycles. The average Bonchev–Trinajstić information content (AvgIpc) is 2.39. The minimum absolute atomic E-state index is 0.396. The Morgan fingerprint density at radius 2 is 1.76 bits per heavy atom. The van der Waals surface area contributed by atoms with Crippen molar-refractivity contribution in [3.63, 3.8) is 0 Å². The van der Waals surface area contributed by atoms with Crippen molar-refractivity contribution in [3.8, 4) is 11.5 Å². The van der Waals surface area contributed by atoms with E-state index in [1.165, 1.54) is 12.0 Å². The number of hydrogen-bond acceptors (Lipinski definition) is 4. The molecule has 5 heteroatoms. The molecule has 2 N–H and O–H groups in total. The summed E-state index contributed by atoms with van der Waals surface area (Å²) >= 11 is 0. The van der Waals surface area contributed by atoms with Gasteiger partial charge in [-0.2, -0.15) is 0 Å². The molecule has 1 aromatic rings. The summed E-state index contributed by atoms with van der Waals surface area (Å²) in [5.41, 5.74) is 1.37. The summed E-state index contributed by atoms with van der Waals surface area (Å²) < 4.78 is 10.4. The predicted octanol–water partition coefficient (Wildman–Crippen LogP) is 3.19. The fraction of sp³-hybridized carbons (Fsp3) is 0.500. The van der Waals surface area contributed by atoms with Crippen LogP contribution in [0.1, 0.15) is 40.0 Å². The maximum absolute atomic E-state index is 8.68. The lowest BCUT2D eigenvalue weighted by Gasteiger charge is -2.12. The summed E-state index contributed by atoms with van der Waals surface area (Å²) in [7, 11) is -1.79. The highest BCUT2D eigenvalue weighted by molar-refractivity contribution is 6.33. The minimum Gasteiger partial charge on any atom is -0.512 e. The molecule has 0 bridgehead atoms. The van der Waals surface area contributed by atoms with E-state index in [2.05, 4.69) is 26.8 Å². The lowest BCUT2D eigenvalue weighted by molar-refractivity contribution is 0.277. The van der Waals surface area contributed by atoms with Gasteiger partial charge in [0.2, 0.25) is 0 Å². The zero-order chi connectivity index (χ0) is 15.7. The zero-order valence-corrected chi connectivity index (χ0v) is 13.1. The first-order valence-electron chi connectivity index (χ1n) is 7.36. The summed E-state index contributed by atoms with van der Waals surface area (Å²) in [5.74, 6) is 1.78. The van der Waals surface area contributed by atoms with Crippen molar-refractivity contribution in [3.05, 3.63) is 35.9 Å². The lowest BCUT2D eigenvalue weighted by atomic mass is 10.0. The Balaban J connectivity index is 2.24. The number of rotatable bonds is 9. The normalized spacial score (nSPS) is 11.7. The van der Waals surface area contributed by atoms with Gasteiger partial charge in [0.25, 0.3) is 0 Å². The first-order chi connectivity index (χ1) is 9.97. The van der Waals surface area contributed by atoms with Crippen LogP contribution in [0.4, 0.5) is 0 Å². The van der Waals surface area contributed by atoms with E-state index in [-0.39, 0.29) is 0 Å². The molecule has 1 unspecified atom stereocenters. The van der Waals surface area contributed by atoms with E-state index in [4.69, 9.17) is 19.4 Å². The molecule has 1 atom stereocenters. The number of allylic oxidation sites excluding steroid dienone is 2. The Hall–Kier alpha value is -1.46. The molecule has 0 aromatic heterocycles. The van der Waals surface area contributed by atoms with Gasteiger partial charge in [-0.25, -0.2) is 0 Å². The molecule has 4 nitrogen and oxygen atoms in total. The second-order valence-electron chi connectivity index (χ2n) is 5.52. The van der Waals surface area contributed by atoms with Gasteiger partial charge in [-0.3, -0.25) is 0 Å². The molecule has 0 aliphatic heterocycles. The van der Waals surface area contributed by atoms with Gasteiger partial charge in [0, 0.05) is 0 Å². The molecule has 116 valence electrons. The van der Waals surface area contributed by atoms with Crippen molar-refractivity contribution in [2.75, 3.05) is 6.61 Å². The molecule has 0 spiro atoms. The van der Waals surface area contributed by atoms with Crippen LogP contribution in [0.5, 0.6) is 11.5 Å². The topological polar surface area (TPSA) is 58.9 Å². The van der Waals surface area contributed by atoms with Crippen molar-refractivity contribution < 1.29 is 19.4 Å². The highest BCUT2D eigenvalue weighted by atomic mass is 16.6. The van der Waals surface area contributed by atoms with Gasteiger partial charge in [-0.1, -0.05) is 18.6 Å². The SMILES string of the molecule is CC(C)=CCCC(C)CCOc1ccc(OB(O)O)cc1. The van der Waals surface area contributed by atoms with Crippen LogP contribution < -0.4 is 9.39 Å². The minimum atomic E-state index is -1.79. The molecule has 0 saturated carbocycles. The fourth-order valence-electron chi connectivity index (χ4n) is 1.91. The van der Waals surface area contributed by atoms with Gasteiger partial charge in [0.1, 0.15) is 11.5 Å². The van der Waals surface area contributed by atoms with E-state index in [1.54, 1.807) is 24.3 Å². The number of ether oxygens (including phenoxy) is 1. The third-order valence-corrected chi connectivity index (χ3v) is 3.16. The van der Waals surface area contributed by atoms with Gasteiger partial charge in [0.05, 0.1) is 6.61 Å². The van der Waals surface area contributed by atoms with Crippen LogP contribution in [-0.2, 0) is 0 Å². The van der Waals surface area contributed by atoms with Crippen molar-refractivity contribution in [1.29, 1.82) is 0 Å². The Morgan fingerprint density at radius 1 is 1.14 bits per heavy atom. The molecule has 21 heavy (non-hydrogen) atoms. The Labute approximate surface area is 127 Å². The molecule has 0 heterocycles. The summed E-state index contributed by atoms with van der Waals surface area (Å²) in [4.78, 5) is 0.